The molecule has 6 heteroatoms. The van der Waals surface area contributed by atoms with Gasteiger partial charge in [0.15, 0.2) is 0 Å². The molecular weight excluding hydrogens is 372 g/mol. The molecule has 4 nitrogen and oxygen atoms in total. The molecule has 1 aliphatic rings. The van der Waals surface area contributed by atoms with Crippen molar-refractivity contribution < 1.29 is 13.6 Å². The van der Waals surface area contributed by atoms with Crippen LogP contribution in [0.3, 0.4) is 0 Å². The maximum atomic E-state index is 13.1. The monoisotopic (exact) mass is 401 g/mol. The van der Waals surface area contributed by atoms with Crippen LogP contribution in [0, 0.1) is 12.7 Å². The molecular formula is C23H29F2N3O. The second kappa shape index (κ2) is 9.83. The fraction of sp³-hybridized carbons (Fsp3) is 0.435. The molecule has 1 heterocycles. The number of H-pyrrole nitrogens is 1. The van der Waals surface area contributed by atoms with Gasteiger partial charge in [-0.05, 0) is 74.9 Å². The minimum absolute atomic E-state index is 0.0432. The summed E-state index contributed by atoms with van der Waals surface area (Å²) in [6.07, 6.45) is 5.82. The number of rotatable bonds is 7. The van der Waals surface area contributed by atoms with E-state index in [1.165, 1.54) is 18.2 Å². The Morgan fingerprint density at radius 1 is 1.31 bits per heavy atom. The molecule has 2 aromatic rings. The quantitative estimate of drug-likeness (QED) is 0.688. The lowest BCUT2D eigenvalue weighted by molar-refractivity contribution is 0.0622. The zero-order valence-corrected chi connectivity index (χ0v) is 17.1. The van der Waals surface area contributed by atoms with Gasteiger partial charge in [-0.3, -0.25) is 4.79 Å². The molecule has 2 unspecified atom stereocenters. The molecule has 156 valence electrons. The number of hydrogen-bond acceptors (Lipinski definition) is 2. The molecule has 0 aliphatic heterocycles. The highest BCUT2D eigenvalue weighted by Crippen LogP contribution is 2.25. The molecule has 1 amide bonds. The third-order valence-corrected chi connectivity index (χ3v) is 5.72. The normalized spacial score (nSPS) is 19.6. The van der Waals surface area contributed by atoms with E-state index < -0.39 is 0 Å². The molecule has 0 bridgehead atoms. The number of nitrogens with zero attached hydrogens (tertiary/aromatic N) is 1. The number of nitrogens with one attached hydrogen (secondary N) is 2. The Morgan fingerprint density at radius 3 is 2.76 bits per heavy atom. The van der Waals surface area contributed by atoms with Crippen LogP contribution >= 0.6 is 0 Å². The van der Waals surface area contributed by atoms with Crippen LogP contribution in [0.4, 0.5) is 8.78 Å². The molecule has 1 fully saturated rings. The molecule has 1 aromatic carbocycles. The van der Waals surface area contributed by atoms with Crippen molar-refractivity contribution in [2.75, 3.05) is 6.54 Å². The maximum Gasteiger partial charge on any atom is 0.270 e. The van der Waals surface area contributed by atoms with Gasteiger partial charge in [0.25, 0.3) is 5.91 Å². The van der Waals surface area contributed by atoms with Crippen molar-refractivity contribution in [3.63, 3.8) is 0 Å². The van der Waals surface area contributed by atoms with Crippen LogP contribution in [-0.2, 0) is 6.54 Å². The largest absolute Gasteiger partial charge is 0.354 e. The number of carbonyl (C=O) groups is 1. The lowest BCUT2D eigenvalue weighted by atomic mass is 9.89. The fourth-order valence-electron chi connectivity index (χ4n) is 4.15. The molecule has 1 aliphatic carbocycles. The number of amides is 1. The molecule has 2 atom stereocenters. The van der Waals surface area contributed by atoms with Crippen LogP contribution in [0.5, 0.6) is 0 Å². The smallest absolute Gasteiger partial charge is 0.270 e. The average molecular weight is 402 g/mol. The van der Waals surface area contributed by atoms with E-state index in [2.05, 4.69) is 10.3 Å². The first-order valence-corrected chi connectivity index (χ1v) is 10.3. The minimum Gasteiger partial charge on any atom is -0.354 e. The average Bonchev–Trinajstić information content (AvgIpc) is 3.09. The molecule has 1 aromatic heterocycles. The van der Waals surface area contributed by atoms with E-state index in [0.717, 1.165) is 36.9 Å². The molecule has 1 saturated carbocycles. The summed E-state index contributed by atoms with van der Waals surface area (Å²) < 4.78 is 25.6. The summed E-state index contributed by atoms with van der Waals surface area (Å²) in [6.45, 7) is 5.14. The summed E-state index contributed by atoms with van der Waals surface area (Å²) in [6, 6.07) is 8.73. The fourth-order valence-corrected chi connectivity index (χ4v) is 4.15. The summed E-state index contributed by atoms with van der Waals surface area (Å²) in [4.78, 5) is 18.1. The van der Waals surface area contributed by atoms with Crippen LogP contribution in [0.15, 0.2) is 36.7 Å². The number of aryl methyl sites for hydroxylation is 1. The van der Waals surface area contributed by atoms with Crippen LogP contribution < -0.4 is 5.32 Å². The van der Waals surface area contributed by atoms with Gasteiger partial charge >= 0.3 is 0 Å². The summed E-state index contributed by atoms with van der Waals surface area (Å²) in [7, 11) is 0. The van der Waals surface area contributed by atoms with Crippen molar-refractivity contribution in [3.8, 4) is 0 Å². The standard InChI is InChI=1S/C23H29F2N3O/c1-3-28(23(29)22-13-18(11-12-24)16(2)27-22)21-6-4-5-20(14-21)26-15-17-7-9-19(25)10-8-17/h7-13,20-21,26-27H,3-6,14-15H2,1-2H3/b12-11+. The Hall–Kier alpha value is -2.47. The van der Waals surface area contributed by atoms with E-state index in [4.69, 9.17) is 0 Å². The zero-order chi connectivity index (χ0) is 20.8. The highest BCUT2D eigenvalue weighted by atomic mass is 19.1. The van der Waals surface area contributed by atoms with Gasteiger partial charge in [0.2, 0.25) is 0 Å². The highest BCUT2D eigenvalue weighted by molar-refractivity contribution is 5.93. The van der Waals surface area contributed by atoms with Gasteiger partial charge in [-0.25, -0.2) is 8.78 Å². The van der Waals surface area contributed by atoms with Crippen molar-refractivity contribution in [1.82, 2.24) is 15.2 Å². The van der Waals surface area contributed by atoms with Crippen LogP contribution in [-0.4, -0.2) is 34.4 Å². The third kappa shape index (κ3) is 5.32. The first-order chi connectivity index (χ1) is 14.0. The van der Waals surface area contributed by atoms with E-state index in [9.17, 15) is 13.6 Å². The molecule has 2 N–H and O–H groups in total. The maximum absolute atomic E-state index is 13.1. The van der Waals surface area contributed by atoms with Gasteiger partial charge in [-0.2, -0.15) is 0 Å². The number of carbonyl (C=O) groups excluding carboxylic acids is 1. The van der Waals surface area contributed by atoms with Gasteiger partial charge < -0.3 is 15.2 Å². The van der Waals surface area contributed by atoms with Crippen molar-refractivity contribution in [3.05, 3.63) is 65.0 Å². The Balaban J connectivity index is 1.63. The predicted molar refractivity (Wildman–Crippen MR) is 112 cm³/mol. The van der Waals surface area contributed by atoms with E-state index >= 15 is 0 Å². The summed E-state index contributed by atoms with van der Waals surface area (Å²) >= 11 is 0. The van der Waals surface area contributed by atoms with E-state index in [1.54, 1.807) is 18.2 Å². The number of aromatic nitrogens is 1. The zero-order valence-electron chi connectivity index (χ0n) is 17.1. The Kier molecular flexibility index (Phi) is 7.20. The van der Waals surface area contributed by atoms with Crippen molar-refractivity contribution in [2.24, 2.45) is 0 Å². The Bertz CT molecular complexity index is 844. The van der Waals surface area contributed by atoms with E-state index in [0.29, 0.717) is 36.7 Å². The molecule has 3 rings (SSSR count). The summed E-state index contributed by atoms with van der Waals surface area (Å²) in [5.41, 5.74) is 3.02. The minimum atomic E-state index is -0.228. The van der Waals surface area contributed by atoms with Gasteiger partial charge in [0, 0.05) is 30.9 Å². The van der Waals surface area contributed by atoms with Gasteiger partial charge in [-0.15, -0.1) is 0 Å². The molecule has 0 radical (unpaired) electrons. The topological polar surface area (TPSA) is 48.1 Å². The van der Waals surface area contributed by atoms with Crippen molar-refractivity contribution >= 4 is 12.0 Å². The number of halogens is 2. The second-order valence-electron chi connectivity index (χ2n) is 7.67. The Labute approximate surface area is 171 Å². The molecule has 29 heavy (non-hydrogen) atoms. The van der Waals surface area contributed by atoms with Crippen LogP contribution in [0.2, 0.25) is 0 Å². The van der Waals surface area contributed by atoms with Crippen LogP contribution in [0.25, 0.3) is 6.08 Å². The highest BCUT2D eigenvalue weighted by Gasteiger charge is 2.30. The van der Waals surface area contributed by atoms with E-state index in [1.807, 2.05) is 18.7 Å². The summed E-state index contributed by atoms with van der Waals surface area (Å²) in [5, 5.41) is 3.56. The lowest BCUT2D eigenvalue weighted by Gasteiger charge is -2.37. The number of aromatic amines is 1. The van der Waals surface area contributed by atoms with Gasteiger partial charge in [0.1, 0.15) is 11.5 Å². The number of benzene rings is 1. The Morgan fingerprint density at radius 2 is 2.07 bits per heavy atom. The molecule has 0 saturated heterocycles. The van der Waals surface area contributed by atoms with Gasteiger partial charge in [0.05, 0.1) is 6.33 Å². The molecule has 0 spiro atoms. The lowest BCUT2D eigenvalue weighted by Crippen LogP contribution is -2.46. The van der Waals surface area contributed by atoms with Crippen LogP contribution in [0.1, 0.15) is 59.9 Å². The van der Waals surface area contributed by atoms with Gasteiger partial charge in [-0.1, -0.05) is 12.1 Å². The number of hydrogen-bond donors (Lipinski definition) is 2. The second-order valence-corrected chi connectivity index (χ2v) is 7.67. The first kappa shape index (κ1) is 21.2. The first-order valence-electron chi connectivity index (χ1n) is 10.3. The SMILES string of the molecule is CCN(C(=O)c1cc(/C=C/F)c(C)[nH]1)C1CCCC(NCc2ccc(F)cc2)C1. The summed E-state index contributed by atoms with van der Waals surface area (Å²) in [5.74, 6) is -0.272. The van der Waals surface area contributed by atoms with E-state index in [-0.39, 0.29) is 17.8 Å². The van der Waals surface area contributed by atoms with Crippen molar-refractivity contribution in [2.45, 2.75) is 58.2 Å². The third-order valence-electron chi connectivity index (χ3n) is 5.72. The van der Waals surface area contributed by atoms with Crippen molar-refractivity contribution in [1.29, 1.82) is 0 Å². The predicted octanol–water partition coefficient (Wildman–Crippen LogP) is 4.97.